The second-order valence-electron chi connectivity index (χ2n) is 8.18. The summed E-state index contributed by atoms with van der Waals surface area (Å²) in [6, 6.07) is 5.22. The highest BCUT2D eigenvalue weighted by Gasteiger charge is 2.28. The Morgan fingerprint density at radius 1 is 1.00 bits per heavy atom. The molecule has 1 atom stereocenters. The predicted octanol–water partition coefficient (Wildman–Crippen LogP) is 5.55. The van der Waals surface area contributed by atoms with Crippen LogP contribution in [-0.4, -0.2) is 37.4 Å². The van der Waals surface area contributed by atoms with Gasteiger partial charge in [0.15, 0.2) is 0 Å². The lowest BCUT2D eigenvalue weighted by atomic mass is 9.85. The third-order valence-corrected chi connectivity index (χ3v) is 4.26. The zero-order chi connectivity index (χ0) is 22.1. The highest BCUT2D eigenvalue weighted by atomic mass is 16.6. The van der Waals surface area contributed by atoms with Crippen LogP contribution in [0.15, 0.2) is 18.2 Å². The van der Waals surface area contributed by atoms with Crippen molar-refractivity contribution in [2.75, 3.05) is 13.7 Å². The van der Waals surface area contributed by atoms with Crippen LogP contribution in [0.2, 0.25) is 0 Å². The summed E-state index contributed by atoms with van der Waals surface area (Å²) in [6.07, 6.45) is 0.255. The molecule has 1 rings (SSSR count). The Kier molecular flexibility index (Phi) is 10.4. The minimum Gasteiger partial charge on any atom is -0.457 e. The van der Waals surface area contributed by atoms with Gasteiger partial charge in [0.05, 0.1) is 17.7 Å². The zero-order valence-electron chi connectivity index (χ0n) is 19.3. The van der Waals surface area contributed by atoms with E-state index < -0.39 is 23.6 Å². The molecule has 0 bridgehead atoms. The first kappa shape index (κ1) is 26.1. The predicted molar refractivity (Wildman–Crippen MR) is 113 cm³/mol. The summed E-state index contributed by atoms with van der Waals surface area (Å²) >= 11 is 0. The van der Waals surface area contributed by atoms with Crippen LogP contribution in [-0.2, 0) is 19.6 Å². The monoisotopic (exact) mass is 394 g/mol. The molecule has 0 saturated carbocycles. The van der Waals surface area contributed by atoms with Crippen molar-refractivity contribution in [3.05, 3.63) is 34.9 Å². The van der Waals surface area contributed by atoms with Gasteiger partial charge >= 0.3 is 11.9 Å². The maximum absolute atomic E-state index is 12.7. The van der Waals surface area contributed by atoms with Crippen LogP contribution in [0.1, 0.15) is 95.0 Å². The number of rotatable bonds is 7. The third-order valence-electron chi connectivity index (χ3n) is 4.26. The molecule has 0 aromatic heterocycles. The summed E-state index contributed by atoms with van der Waals surface area (Å²) in [5, 5.41) is 0. The SMILES string of the molecule is CC.CCC(C)(C)OC(=O)c1ccc(C(C)(C)C)cc1C(=O)OC(C)COC. The first-order valence-corrected chi connectivity index (χ1v) is 9.99. The Bertz CT molecular complexity index is 641. The van der Waals surface area contributed by atoms with E-state index in [9.17, 15) is 9.59 Å². The molecule has 1 unspecified atom stereocenters. The normalized spacial score (nSPS) is 12.5. The van der Waals surface area contributed by atoms with Crippen LogP contribution in [0.5, 0.6) is 0 Å². The quantitative estimate of drug-likeness (QED) is 0.568. The number of ether oxygens (including phenoxy) is 3. The Morgan fingerprint density at radius 2 is 1.57 bits per heavy atom. The average Bonchev–Trinajstić information content (AvgIpc) is 2.61. The smallest absolute Gasteiger partial charge is 0.339 e. The molecule has 160 valence electrons. The standard InChI is InChI=1S/C21H32O5.C2H6/c1-9-21(6,7)26-19(23)16-11-10-15(20(3,4)5)12-17(16)18(22)25-14(2)13-24-8;1-2/h10-12,14H,9,13H2,1-8H3;1-2H3. The van der Waals surface area contributed by atoms with Gasteiger partial charge in [0, 0.05) is 7.11 Å². The van der Waals surface area contributed by atoms with Crippen molar-refractivity contribution in [1.29, 1.82) is 0 Å². The fourth-order valence-corrected chi connectivity index (χ4v) is 2.25. The molecular weight excluding hydrogens is 356 g/mol. The van der Waals surface area contributed by atoms with Gasteiger partial charge in [-0.3, -0.25) is 0 Å². The number of benzene rings is 1. The zero-order valence-corrected chi connectivity index (χ0v) is 19.3. The van der Waals surface area contributed by atoms with Gasteiger partial charge in [-0.15, -0.1) is 0 Å². The number of carbonyl (C=O) groups is 2. The fourth-order valence-electron chi connectivity index (χ4n) is 2.25. The van der Waals surface area contributed by atoms with E-state index in [1.54, 1.807) is 26.2 Å². The molecule has 28 heavy (non-hydrogen) atoms. The second kappa shape index (κ2) is 11.2. The lowest BCUT2D eigenvalue weighted by molar-refractivity contribution is -0.00369. The van der Waals surface area contributed by atoms with Crippen LogP contribution in [0.4, 0.5) is 0 Å². The molecule has 0 spiro atoms. The van der Waals surface area contributed by atoms with Gasteiger partial charge in [-0.05, 0) is 50.3 Å². The Hall–Kier alpha value is -1.88. The molecule has 5 nitrogen and oxygen atoms in total. The van der Waals surface area contributed by atoms with Crippen molar-refractivity contribution >= 4 is 11.9 Å². The van der Waals surface area contributed by atoms with Crippen molar-refractivity contribution in [2.45, 2.75) is 85.9 Å². The van der Waals surface area contributed by atoms with Gasteiger partial charge < -0.3 is 14.2 Å². The number of esters is 2. The number of carbonyl (C=O) groups excluding carboxylic acids is 2. The minimum atomic E-state index is -0.607. The highest BCUT2D eigenvalue weighted by molar-refractivity contribution is 6.03. The van der Waals surface area contributed by atoms with Crippen LogP contribution in [0.3, 0.4) is 0 Å². The summed E-state index contributed by atoms with van der Waals surface area (Å²) in [6.45, 7) is 17.8. The molecule has 0 aliphatic rings. The molecule has 0 amide bonds. The molecule has 0 radical (unpaired) electrons. The lowest BCUT2D eigenvalue weighted by Gasteiger charge is -2.25. The first-order valence-electron chi connectivity index (χ1n) is 9.99. The Labute approximate surface area is 170 Å². The van der Waals surface area contributed by atoms with Gasteiger partial charge in [-0.25, -0.2) is 9.59 Å². The molecule has 0 aliphatic carbocycles. The summed E-state index contributed by atoms with van der Waals surface area (Å²) in [5.41, 5.74) is 0.601. The van der Waals surface area contributed by atoms with Gasteiger partial charge in [0.2, 0.25) is 0 Å². The van der Waals surface area contributed by atoms with Crippen LogP contribution in [0.25, 0.3) is 0 Å². The van der Waals surface area contributed by atoms with E-state index in [0.29, 0.717) is 6.42 Å². The van der Waals surface area contributed by atoms with Crippen molar-refractivity contribution in [3.63, 3.8) is 0 Å². The van der Waals surface area contributed by atoms with E-state index in [4.69, 9.17) is 14.2 Å². The average molecular weight is 395 g/mol. The van der Waals surface area contributed by atoms with Gasteiger partial charge in [0.25, 0.3) is 0 Å². The maximum Gasteiger partial charge on any atom is 0.339 e. The summed E-state index contributed by atoms with van der Waals surface area (Å²) in [7, 11) is 1.54. The molecule has 1 aromatic carbocycles. The molecule has 0 heterocycles. The van der Waals surface area contributed by atoms with Gasteiger partial charge in [-0.2, -0.15) is 0 Å². The largest absolute Gasteiger partial charge is 0.457 e. The van der Waals surface area contributed by atoms with E-state index in [1.165, 1.54) is 0 Å². The van der Waals surface area contributed by atoms with Crippen molar-refractivity contribution < 1.29 is 23.8 Å². The van der Waals surface area contributed by atoms with Crippen molar-refractivity contribution in [1.82, 2.24) is 0 Å². The Morgan fingerprint density at radius 3 is 2.04 bits per heavy atom. The van der Waals surface area contributed by atoms with E-state index >= 15 is 0 Å². The van der Waals surface area contributed by atoms with Crippen LogP contribution < -0.4 is 0 Å². The Balaban J connectivity index is 0.00000352. The van der Waals surface area contributed by atoms with Crippen molar-refractivity contribution in [2.24, 2.45) is 0 Å². The highest BCUT2D eigenvalue weighted by Crippen LogP contribution is 2.27. The van der Waals surface area contributed by atoms with E-state index in [0.717, 1.165) is 5.56 Å². The minimum absolute atomic E-state index is 0.168. The van der Waals surface area contributed by atoms with E-state index in [2.05, 4.69) is 0 Å². The van der Waals surface area contributed by atoms with Gasteiger partial charge in [0.1, 0.15) is 11.7 Å². The molecule has 0 saturated heterocycles. The molecule has 0 N–H and O–H groups in total. The van der Waals surface area contributed by atoms with E-state index in [-0.39, 0.29) is 23.1 Å². The summed E-state index contributed by atoms with van der Waals surface area (Å²) in [5.74, 6) is -1.08. The maximum atomic E-state index is 12.7. The fraction of sp³-hybridized carbons (Fsp3) is 0.652. The van der Waals surface area contributed by atoms with Crippen LogP contribution >= 0.6 is 0 Å². The molecule has 1 aromatic rings. The van der Waals surface area contributed by atoms with E-state index in [1.807, 2.05) is 61.5 Å². The summed E-state index contributed by atoms with van der Waals surface area (Å²) < 4.78 is 16.0. The molecule has 5 heteroatoms. The summed E-state index contributed by atoms with van der Waals surface area (Å²) in [4.78, 5) is 25.3. The molecule has 0 aliphatic heterocycles. The molecule has 0 fully saturated rings. The number of hydrogen-bond donors (Lipinski definition) is 0. The third kappa shape index (κ3) is 8.01. The molecular formula is C23H38O5. The topological polar surface area (TPSA) is 61.8 Å². The second-order valence-corrected chi connectivity index (χ2v) is 8.18. The number of methoxy groups -OCH3 is 1. The number of hydrogen-bond acceptors (Lipinski definition) is 5. The van der Waals surface area contributed by atoms with Gasteiger partial charge in [-0.1, -0.05) is 47.6 Å². The van der Waals surface area contributed by atoms with Crippen molar-refractivity contribution in [3.8, 4) is 0 Å². The first-order chi connectivity index (χ1) is 12.9. The lowest BCUT2D eigenvalue weighted by Crippen LogP contribution is -2.29. The van der Waals surface area contributed by atoms with Crippen LogP contribution in [0, 0.1) is 0 Å².